The number of nitrogens with one attached hydrogen (secondary N) is 1. The van der Waals surface area contributed by atoms with Gasteiger partial charge in [-0.1, -0.05) is 64.5 Å². The molecule has 0 saturated carbocycles. The van der Waals surface area contributed by atoms with Gasteiger partial charge in [-0.2, -0.15) is 0 Å². The van der Waals surface area contributed by atoms with Crippen molar-refractivity contribution in [1.82, 2.24) is 5.32 Å². The van der Waals surface area contributed by atoms with E-state index in [0.29, 0.717) is 5.92 Å². The highest BCUT2D eigenvalue weighted by Crippen LogP contribution is 2.22. The van der Waals surface area contributed by atoms with Crippen molar-refractivity contribution >= 4 is 0 Å². The summed E-state index contributed by atoms with van der Waals surface area (Å²) in [5, 5.41) is 3.52. The average molecular weight is 293 g/mol. The fourth-order valence-corrected chi connectivity index (χ4v) is 2.75. The summed E-state index contributed by atoms with van der Waals surface area (Å²) < 4.78 is 13.1. The van der Waals surface area contributed by atoms with Crippen molar-refractivity contribution in [3.63, 3.8) is 0 Å². The molecule has 0 aliphatic carbocycles. The van der Waals surface area contributed by atoms with Crippen molar-refractivity contribution in [2.45, 2.75) is 71.1 Å². The second kappa shape index (κ2) is 11.7. The Bertz CT molecular complexity index is 347. The molecule has 0 aliphatic rings. The van der Waals surface area contributed by atoms with Crippen LogP contribution < -0.4 is 5.32 Å². The molecule has 1 aromatic carbocycles. The first kappa shape index (κ1) is 18.2. The summed E-state index contributed by atoms with van der Waals surface area (Å²) in [5.41, 5.74) is 1.27. The SMILES string of the molecule is CCCCCCCCC(CNCCC)c1ccc(F)cc1. The molecule has 0 fully saturated rings. The average Bonchev–Trinajstić information content (AvgIpc) is 2.50. The Labute approximate surface area is 130 Å². The number of unbranched alkanes of at least 4 members (excludes halogenated alkanes) is 5. The van der Waals surface area contributed by atoms with Crippen LogP contribution in [0.5, 0.6) is 0 Å². The summed E-state index contributed by atoms with van der Waals surface area (Å²) in [7, 11) is 0. The molecule has 1 aromatic rings. The fourth-order valence-electron chi connectivity index (χ4n) is 2.75. The molecule has 0 bridgehead atoms. The highest BCUT2D eigenvalue weighted by atomic mass is 19.1. The molecule has 1 nitrogen and oxygen atoms in total. The van der Waals surface area contributed by atoms with E-state index in [9.17, 15) is 4.39 Å². The van der Waals surface area contributed by atoms with Gasteiger partial charge in [0.15, 0.2) is 0 Å². The zero-order chi connectivity index (χ0) is 15.3. The van der Waals surface area contributed by atoms with Gasteiger partial charge < -0.3 is 5.32 Å². The zero-order valence-electron chi connectivity index (χ0n) is 13.8. The van der Waals surface area contributed by atoms with Crippen molar-refractivity contribution in [2.24, 2.45) is 0 Å². The van der Waals surface area contributed by atoms with Crippen LogP contribution in [-0.2, 0) is 0 Å². The molecule has 1 rings (SSSR count). The van der Waals surface area contributed by atoms with E-state index < -0.39 is 0 Å². The smallest absolute Gasteiger partial charge is 0.123 e. The number of halogens is 1. The monoisotopic (exact) mass is 293 g/mol. The van der Waals surface area contributed by atoms with E-state index in [1.165, 1.54) is 50.5 Å². The molecule has 21 heavy (non-hydrogen) atoms. The third-order valence-electron chi connectivity index (χ3n) is 4.07. The van der Waals surface area contributed by atoms with E-state index >= 15 is 0 Å². The Balaban J connectivity index is 2.39. The third kappa shape index (κ3) is 8.21. The van der Waals surface area contributed by atoms with Gasteiger partial charge >= 0.3 is 0 Å². The van der Waals surface area contributed by atoms with Crippen LogP contribution in [0.3, 0.4) is 0 Å². The van der Waals surface area contributed by atoms with E-state index in [1.54, 1.807) is 12.1 Å². The topological polar surface area (TPSA) is 12.0 Å². The number of hydrogen-bond acceptors (Lipinski definition) is 1. The predicted molar refractivity (Wildman–Crippen MR) is 90.3 cm³/mol. The summed E-state index contributed by atoms with van der Waals surface area (Å²) in [6.07, 6.45) is 10.4. The van der Waals surface area contributed by atoms with Crippen LogP contribution in [0, 0.1) is 5.82 Å². The molecule has 0 aromatic heterocycles. The minimum Gasteiger partial charge on any atom is -0.316 e. The van der Waals surface area contributed by atoms with Gasteiger partial charge in [-0.3, -0.25) is 0 Å². The van der Waals surface area contributed by atoms with E-state index in [4.69, 9.17) is 0 Å². The van der Waals surface area contributed by atoms with Crippen LogP contribution >= 0.6 is 0 Å². The van der Waals surface area contributed by atoms with Crippen LogP contribution in [0.1, 0.15) is 76.7 Å². The Morgan fingerprint density at radius 1 is 0.905 bits per heavy atom. The Hall–Kier alpha value is -0.890. The van der Waals surface area contributed by atoms with E-state index in [-0.39, 0.29) is 5.82 Å². The van der Waals surface area contributed by atoms with Gasteiger partial charge in [0.05, 0.1) is 0 Å². The van der Waals surface area contributed by atoms with E-state index in [2.05, 4.69) is 19.2 Å². The van der Waals surface area contributed by atoms with Crippen LogP contribution in [0.15, 0.2) is 24.3 Å². The number of hydrogen-bond donors (Lipinski definition) is 1. The molecule has 1 unspecified atom stereocenters. The molecule has 2 heteroatoms. The van der Waals surface area contributed by atoms with Crippen LogP contribution in [0.2, 0.25) is 0 Å². The molecule has 0 amide bonds. The quantitative estimate of drug-likeness (QED) is 0.490. The third-order valence-corrected chi connectivity index (χ3v) is 4.07. The van der Waals surface area contributed by atoms with Crippen LogP contribution in [-0.4, -0.2) is 13.1 Å². The second-order valence-corrected chi connectivity index (χ2v) is 6.01. The minimum atomic E-state index is -0.140. The number of rotatable bonds is 12. The molecule has 0 aliphatic heterocycles. The van der Waals surface area contributed by atoms with Gasteiger partial charge in [0.1, 0.15) is 5.82 Å². The molecule has 120 valence electrons. The van der Waals surface area contributed by atoms with Crippen molar-refractivity contribution in [2.75, 3.05) is 13.1 Å². The molecule has 1 atom stereocenters. The first-order valence-corrected chi connectivity index (χ1v) is 8.74. The lowest BCUT2D eigenvalue weighted by atomic mass is 9.92. The lowest BCUT2D eigenvalue weighted by Crippen LogP contribution is -2.22. The molecule has 0 radical (unpaired) electrons. The van der Waals surface area contributed by atoms with Crippen LogP contribution in [0.25, 0.3) is 0 Å². The van der Waals surface area contributed by atoms with Crippen LogP contribution in [0.4, 0.5) is 4.39 Å². The van der Waals surface area contributed by atoms with Crippen molar-refractivity contribution < 1.29 is 4.39 Å². The van der Waals surface area contributed by atoms with Gasteiger partial charge in [0, 0.05) is 6.54 Å². The molecular weight excluding hydrogens is 261 g/mol. The zero-order valence-corrected chi connectivity index (χ0v) is 13.8. The fraction of sp³-hybridized carbons (Fsp3) is 0.684. The van der Waals surface area contributed by atoms with E-state index in [1.807, 2.05) is 12.1 Å². The lowest BCUT2D eigenvalue weighted by Gasteiger charge is -2.18. The lowest BCUT2D eigenvalue weighted by molar-refractivity contribution is 0.505. The molecule has 0 saturated heterocycles. The largest absolute Gasteiger partial charge is 0.316 e. The Kier molecular flexibility index (Phi) is 10.1. The maximum atomic E-state index is 13.1. The molecule has 1 N–H and O–H groups in total. The highest BCUT2D eigenvalue weighted by molar-refractivity contribution is 5.20. The van der Waals surface area contributed by atoms with Crippen molar-refractivity contribution in [3.8, 4) is 0 Å². The molecular formula is C19H32FN. The van der Waals surface area contributed by atoms with E-state index in [0.717, 1.165) is 19.5 Å². The van der Waals surface area contributed by atoms with Gasteiger partial charge in [-0.25, -0.2) is 4.39 Å². The maximum absolute atomic E-state index is 13.1. The molecule has 0 spiro atoms. The van der Waals surface area contributed by atoms with Crippen molar-refractivity contribution in [3.05, 3.63) is 35.6 Å². The number of benzene rings is 1. The normalized spacial score (nSPS) is 12.5. The standard InChI is InChI=1S/C19H32FN/c1-3-5-6-7-8-9-10-18(16-21-15-4-2)17-11-13-19(20)14-12-17/h11-14,18,21H,3-10,15-16H2,1-2H3. The summed E-state index contributed by atoms with van der Waals surface area (Å²) in [5.74, 6) is 0.377. The summed E-state index contributed by atoms with van der Waals surface area (Å²) in [4.78, 5) is 0. The first-order chi connectivity index (χ1) is 10.3. The molecule has 0 heterocycles. The minimum absolute atomic E-state index is 0.140. The first-order valence-electron chi connectivity index (χ1n) is 8.74. The van der Waals surface area contributed by atoms with Gasteiger partial charge in [0.2, 0.25) is 0 Å². The summed E-state index contributed by atoms with van der Waals surface area (Å²) in [6, 6.07) is 7.07. The van der Waals surface area contributed by atoms with Gasteiger partial charge in [-0.15, -0.1) is 0 Å². The van der Waals surface area contributed by atoms with Gasteiger partial charge in [-0.05, 0) is 43.0 Å². The highest BCUT2D eigenvalue weighted by Gasteiger charge is 2.11. The van der Waals surface area contributed by atoms with Gasteiger partial charge in [0.25, 0.3) is 0 Å². The van der Waals surface area contributed by atoms with Crippen molar-refractivity contribution in [1.29, 1.82) is 0 Å². The Morgan fingerprint density at radius 3 is 2.24 bits per heavy atom. The summed E-state index contributed by atoms with van der Waals surface area (Å²) >= 11 is 0. The second-order valence-electron chi connectivity index (χ2n) is 6.01. The maximum Gasteiger partial charge on any atom is 0.123 e. The summed E-state index contributed by atoms with van der Waals surface area (Å²) in [6.45, 7) is 6.51. The predicted octanol–water partition coefficient (Wildman–Crippen LogP) is 5.66. The Morgan fingerprint density at radius 2 is 1.57 bits per heavy atom.